The van der Waals surface area contributed by atoms with Gasteiger partial charge in [-0.1, -0.05) is 18.6 Å². The van der Waals surface area contributed by atoms with E-state index in [4.69, 9.17) is 4.74 Å². The lowest BCUT2D eigenvalue weighted by Gasteiger charge is -2.42. The zero-order valence-electron chi connectivity index (χ0n) is 9.76. The number of rotatable bonds is 2. The van der Waals surface area contributed by atoms with Gasteiger partial charge in [0, 0.05) is 12.8 Å². The average molecular weight is 198 g/mol. The first-order valence-corrected chi connectivity index (χ1v) is 5.42. The van der Waals surface area contributed by atoms with Crippen molar-refractivity contribution in [1.29, 1.82) is 0 Å². The van der Waals surface area contributed by atoms with E-state index in [1.54, 1.807) is 0 Å². The molecule has 0 spiro atoms. The van der Waals surface area contributed by atoms with Crippen LogP contribution in [0.25, 0.3) is 0 Å². The van der Waals surface area contributed by atoms with E-state index in [-0.39, 0.29) is 5.60 Å². The fraction of sp³-hybridized carbons (Fsp3) is 0.833. The Morgan fingerprint density at radius 3 is 2.64 bits per heavy atom. The van der Waals surface area contributed by atoms with Crippen LogP contribution in [0.2, 0.25) is 0 Å². The second-order valence-electron chi connectivity index (χ2n) is 4.90. The highest BCUT2D eigenvalue weighted by molar-refractivity contribution is 5.10. The van der Waals surface area contributed by atoms with E-state index >= 15 is 0 Å². The van der Waals surface area contributed by atoms with Gasteiger partial charge < -0.3 is 9.84 Å². The van der Waals surface area contributed by atoms with Crippen molar-refractivity contribution in [2.45, 2.75) is 58.2 Å². The van der Waals surface area contributed by atoms with Gasteiger partial charge in [-0.25, -0.2) is 0 Å². The number of aliphatic hydroxyl groups is 1. The van der Waals surface area contributed by atoms with Crippen LogP contribution in [0.15, 0.2) is 11.6 Å². The molecule has 14 heavy (non-hydrogen) atoms. The van der Waals surface area contributed by atoms with E-state index in [0.717, 1.165) is 6.42 Å². The summed E-state index contributed by atoms with van der Waals surface area (Å²) < 4.78 is 5.70. The monoisotopic (exact) mass is 198 g/mol. The molecule has 1 aliphatic rings. The van der Waals surface area contributed by atoms with Gasteiger partial charge in [0.2, 0.25) is 0 Å². The molecule has 0 amide bonds. The molecule has 2 atom stereocenters. The predicted octanol–water partition coefficient (Wildman–Crippen LogP) is 2.66. The molecule has 2 unspecified atom stereocenters. The van der Waals surface area contributed by atoms with Crippen molar-refractivity contribution in [3.8, 4) is 0 Å². The molecule has 1 fully saturated rings. The van der Waals surface area contributed by atoms with Crippen molar-refractivity contribution in [3.63, 3.8) is 0 Å². The summed E-state index contributed by atoms with van der Waals surface area (Å²) in [6, 6.07) is 0. The number of hydrogen-bond donors (Lipinski definition) is 1. The van der Waals surface area contributed by atoms with Gasteiger partial charge in [-0.05, 0) is 27.2 Å². The van der Waals surface area contributed by atoms with Crippen molar-refractivity contribution in [1.82, 2.24) is 0 Å². The van der Waals surface area contributed by atoms with Gasteiger partial charge >= 0.3 is 0 Å². The molecule has 2 heteroatoms. The summed E-state index contributed by atoms with van der Waals surface area (Å²) in [7, 11) is 0. The molecule has 0 aliphatic carbocycles. The molecule has 1 N–H and O–H groups in total. The van der Waals surface area contributed by atoms with Crippen LogP contribution in [0.5, 0.6) is 0 Å². The molecule has 0 radical (unpaired) electrons. The molecule has 2 nitrogen and oxygen atoms in total. The standard InChI is InChI=1S/C12H22O2/c1-5-11(4)9-12(13,6-7-14-11)8-10(2)3/h8,13H,5-7,9H2,1-4H3. The predicted molar refractivity (Wildman–Crippen MR) is 58.3 cm³/mol. The zero-order chi connectivity index (χ0) is 10.8. The molecule has 1 rings (SSSR count). The van der Waals surface area contributed by atoms with Crippen LogP contribution in [-0.2, 0) is 4.74 Å². The van der Waals surface area contributed by atoms with Gasteiger partial charge in [-0.2, -0.15) is 0 Å². The Morgan fingerprint density at radius 2 is 2.14 bits per heavy atom. The maximum Gasteiger partial charge on any atom is 0.0879 e. The molecular formula is C12H22O2. The van der Waals surface area contributed by atoms with Crippen molar-refractivity contribution < 1.29 is 9.84 Å². The fourth-order valence-corrected chi connectivity index (χ4v) is 2.15. The highest BCUT2D eigenvalue weighted by atomic mass is 16.5. The Bertz CT molecular complexity index is 230. The molecule has 1 saturated heterocycles. The molecule has 0 bridgehead atoms. The number of allylic oxidation sites excluding steroid dienone is 1. The minimum Gasteiger partial charge on any atom is -0.386 e. The fourth-order valence-electron chi connectivity index (χ4n) is 2.15. The van der Waals surface area contributed by atoms with Crippen molar-refractivity contribution in [3.05, 3.63) is 11.6 Å². The average Bonchev–Trinajstić information content (AvgIpc) is 2.01. The quantitative estimate of drug-likeness (QED) is 0.691. The lowest BCUT2D eigenvalue weighted by atomic mass is 9.81. The maximum atomic E-state index is 10.4. The lowest BCUT2D eigenvalue weighted by Crippen LogP contribution is -2.46. The molecule has 0 saturated carbocycles. The minimum absolute atomic E-state index is 0.154. The van der Waals surface area contributed by atoms with Crippen LogP contribution < -0.4 is 0 Å². The highest BCUT2D eigenvalue weighted by Crippen LogP contribution is 2.35. The van der Waals surface area contributed by atoms with E-state index in [1.165, 1.54) is 5.57 Å². The molecule has 0 aromatic carbocycles. The Labute approximate surface area is 87.0 Å². The van der Waals surface area contributed by atoms with Gasteiger partial charge in [-0.3, -0.25) is 0 Å². The summed E-state index contributed by atoms with van der Waals surface area (Å²) in [5.74, 6) is 0. The summed E-state index contributed by atoms with van der Waals surface area (Å²) in [5.41, 5.74) is 0.369. The Balaban J connectivity index is 2.77. The van der Waals surface area contributed by atoms with Crippen molar-refractivity contribution in [2.24, 2.45) is 0 Å². The molecule has 0 aromatic rings. The third kappa shape index (κ3) is 2.82. The van der Waals surface area contributed by atoms with E-state index in [2.05, 4.69) is 13.8 Å². The van der Waals surface area contributed by atoms with E-state index < -0.39 is 5.60 Å². The van der Waals surface area contributed by atoms with E-state index in [9.17, 15) is 5.11 Å². The summed E-state index contributed by atoms with van der Waals surface area (Å²) in [6.07, 6.45) is 4.35. The topological polar surface area (TPSA) is 29.5 Å². The molecule has 1 aliphatic heterocycles. The van der Waals surface area contributed by atoms with Crippen molar-refractivity contribution >= 4 is 0 Å². The molecule has 0 aromatic heterocycles. The number of hydrogen-bond acceptors (Lipinski definition) is 2. The Hall–Kier alpha value is -0.340. The number of ether oxygens (including phenoxy) is 1. The summed E-state index contributed by atoms with van der Waals surface area (Å²) in [6.45, 7) is 8.89. The zero-order valence-corrected chi connectivity index (χ0v) is 9.76. The Morgan fingerprint density at radius 1 is 1.50 bits per heavy atom. The molecule has 82 valence electrons. The van der Waals surface area contributed by atoms with Crippen LogP contribution >= 0.6 is 0 Å². The van der Waals surface area contributed by atoms with Crippen molar-refractivity contribution in [2.75, 3.05) is 6.61 Å². The third-order valence-corrected chi connectivity index (χ3v) is 2.97. The lowest BCUT2D eigenvalue weighted by molar-refractivity contribution is -0.135. The Kier molecular flexibility index (Phi) is 3.38. The first kappa shape index (κ1) is 11.7. The van der Waals surface area contributed by atoms with Gasteiger partial charge in [0.05, 0.1) is 17.8 Å². The van der Waals surface area contributed by atoms with Crippen LogP contribution in [0.4, 0.5) is 0 Å². The largest absolute Gasteiger partial charge is 0.386 e. The van der Waals surface area contributed by atoms with E-state index in [1.807, 2.05) is 19.9 Å². The van der Waals surface area contributed by atoms with Gasteiger partial charge in [0.15, 0.2) is 0 Å². The van der Waals surface area contributed by atoms with Crippen LogP contribution in [-0.4, -0.2) is 22.9 Å². The highest BCUT2D eigenvalue weighted by Gasteiger charge is 2.39. The summed E-state index contributed by atoms with van der Waals surface area (Å²) in [5, 5.41) is 10.4. The maximum absolute atomic E-state index is 10.4. The second kappa shape index (κ2) is 4.03. The van der Waals surface area contributed by atoms with Crippen LogP contribution in [0.3, 0.4) is 0 Å². The SMILES string of the molecule is CCC1(C)CC(O)(C=C(C)C)CCO1. The molecular weight excluding hydrogens is 176 g/mol. The normalized spacial score (nSPS) is 38.1. The first-order chi connectivity index (χ1) is 6.39. The minimum atomic E-state index is -0.651. The smallest absolute Gasteiger partial charge is 0.0879 e. The third-order valence-electron chi connectivity index (χ3n) is 2.97. The van der Waals surface area contributed by atoms with Gasteiger partial charge in [-0.15, -0.1) is 0 Å². The van der Waals surface area contributed by atoms with Crippen LogP contribution in [0, 0.1) is 0 Å². The van der Waals surface area contributed by atoms with Gasteiger partial charge in [0.25, 0.3) is 0 Å². The van der Waals surface area contributed by atoms with Gasteiger partial charge in [0.1, 0.15) is 0 Å². The molecule has 1 heterocycles. The summed E-state index contributed by atoms with van der Waals surface area (Å²) >= 11 is 0. The summed E-state index contributed by atoms with van der Waals surface area (Å²) in [4.78, 5) is 0. The van der Waals surface area contributed by atoms with E-state index in [0.29, 0.717) is 19.4 Å². The first-order valence-electron chi connectivity index (χ1n) is 5.42. The second-order valence-corrected chi connectivity index (χ2v) is 4.90. The van der Waals surface area contributed by atoms with Crippen LogP contribution in [0.1, 0.15) is 47.0 Å².